The zero-order valence-electron chi connectivity index (χ0n) is 11.6. The van der Waals surface area contributed by atoms with Crippen LogP contribution in [0.1, 0.15) is 22.5 Å². The van der Waals surface area contributed by atoms with Crippen molar-refractivity contribution in [3.8, 4) is 6.07 Å². The van der Waals surface area contributed by atoms with Crippen LogP contribution in [0.25, 0.3) is 0 Å². The monoisotopic (exact) mass is 299 g/mol. The quantitative estimate of drug-likeness (QED) is 0.603. The van der Waals surface area contributed by atoms with Gasteiger partial charge in [-0.15, -0.1) is 0 Å². The van der Waals surface area contributed by atoms with E-state index in [4.69, 9.17) is 9.68 Å². The predicted octanol–water partition coefficient (Wildman–Crippen LogP) is 2.74. The average Bonchev–Trinajstić information content (AvgIpc) is 3.04. The first-order valence-electron chi connectivity index (χ1n) is 6.55. The largest absolute Gasteiger partial charge is 0.467 e. The molecule has 22 heavy (non-hydrogen) atoms. The number of non-ortho nitro benzene ring substituents is 1. The van der Waals surface area contributed by atoms with E-state index in [2.05, 4.69) is 0 Å². The second kappa shape index (κ2) is 7.04. The summed E-state index contributed by atoms with van der Waals surface area (Å²) in [5.41, 5.74) is 0.251. The molecule has 7 heteroatoms. The topological polar surface area (TPSA) is 100 Å². The Bertz CT molecular complexity index is 687. The van der Waals surface area contributed by atoms with Gasteiger partial charge < -0.3 is 9.32 Å². The highest BCUT2D eigenvalue weighted by atomic mass is 16.6. The maximum atomic E-state index is 12.5. The van der Waals surface area contributed by atoms with Gasteiger partial charge in [0.1, 0.15) is 5.76 Å². The lowest BCUT2D eigenvalue weighted by atomic mass is 10.1. The van der Waals surface area contributed by atoms with E-state index in [1.54, 1.807) is 12.1 Å². The third-order valence-corrected chi connectivity index (χ3v) is 3.03. The van der Waals surface area contributed by atoms with Crippen molar-refractivity contribution in [2.75, 3.05) is 6.54 Å². The molecule has 2 aromatic rings. The van der Waals surface area contributed by atoms with Crippen LogP contribution in [0.4, 0.5) is 5.69 Å². The number of nitro groups is 1. The molecule has 0 aliphatic carbocycles. The Morgan fingerprint density at radius 1 is 1.32 bits per heavy atom. The van der Waals surface area contributed by atoms with E-state index in [0.717, 1.165) is 0 Å². The molecular formula is C15H13N3O4. The van der Waals surface area contributed by atoms with Crippen LogP contribution in [0.2, 0.25) is 0 Å². The summed E-state index contributed by atoms with van der Waals surface area (Å²) in [6.45, 7) is 0.498. The van der Waals surface area contributed by atoms with Crippen molar-refractivity contribution < 1.29 is 14.1 Å². The van der Waals surface area contributed by atoms with E-state index in [-0.39, 0.29) is 31.1 Å². The molecule has 1 aromatic carbocycles. The zero-order valence-corrected chi connectivity index (χ0v) is 11.6. The van der Waals surface area contributed by atoms with E-state index in [1.807, 2.05) is 6.07 Å². The average molecular weight is 299 g/mol. The molecule has 1 aromatic heterocycles. The highest BCUT2D eigenvalue weighted by Crippen LogP contribution is 2.15. The van der Waals surface area contributed by atoms with Crippen molar-refractivity contribution in [1.29, 1.82) is 5.26 Å². The van der Waals surface area contributed by atoms with Crippen molar-refractivity contribution in [1.82, 2.24) is 4.90 Å². The lowest BCUT2D eigenvalue weighted by Gasteiger charge is -2.20. The number of furan rings is 1. The number of amides is 1. The molecule has 0 bridgehead atoms. The number of carbonyl (C=O) groups is 1. The number of benzene rings is 1. The number of nitrogens with zero attached hydrogens (tertiary/aromatic N) is 3. The van der Waals surface area contributed by atoms with Crippen LogP contribution in [0, 0.1) is 21.4 Å². The van der Waals surface area contributed by atoms with Gasteiger partial charge in [0.25, 0.3) is 11.6 Å². The Morgan fingerprint density at radius 2 is 2.05 bits per heavy atom. The van der Waals surface area contributed by atoms with Crippen LogP contribution in [-0.2, 0) is 6.54 Å². The summed E-state index contributed by atoms with van der Waals surface area (Å²) >= 11 is 0. The Hall–Kier alpha value is -3.14. The molecule has 112 valence electrons. The van der Waals surface area contributed by atoms with Crippen molar-refractivity contribution in [3.63, 3.8) is 0 Å². The maximum absolute atomic E-state index is 12.5. The van der Waals surface area contributed by atoms with Gasteiger partial charge in [-0.05, 0) is 24.3 Å². The van der Waals surface area contributed by atoms with Gasteiger partial charge in [0.05, 0.1) is 30.2 Å². The maximum Gasteiger partial charge on any atom is 0.269 e. The molecule has 0 N–H and O–H groups in total. The molecule has 0 radical (unpaired) electrons. The van der Waals surface area contributed by atoms with E-state index in [0.29, 0.717) is 11.3 Å². The molecule has 7 nitrogen and oxygen atoms in total. The van der Waals surface area contributed by atoms with E-state index >= 15 is 0 Å². The van der Waals surface area contributed by atoms with Crippen LogP contribution in [0.15, 0.2) is 47.1 Å². The highest BCUT2D eigenvalue weighted by Gasteiger charge is 2.18. The summed E-state index contributed by atoms with van der Waals surface area (Å²) in [5.74, 6) is 0.301. The predicted molar refractivity (Wildman–Crippen MR) is 76.8 cm³/mol. The number of hydrogen-bond acceptors (Lipinski definition) is 5. The van der Waals surface area contributed by atoms with Gasteiger partial charge in [-0.1, -0.05) is 0 Å². The summed E-state index contributed by atoms with van der Waals surface area (Å²) in [6, 6.07) is 10.8. The summed E-state index contributed by atoms with van der Waals surface area (Å²) in [7, 11) is 0. The number of hydrogen-bond donors (Lipinski definition) is 0. The molecule has 1 amide bonds. The first-order valence-corrected chi connectivity index (χ1v) is 6.55. The number of nitro benzene ring substituents is 1. The normalized spacial score (nSPS) is 9.95. The SMILES string of the molecule is N#CCCN(Cc1ccco1)C(=O)c1ccc([N+](=O)[O-])cc1. The lowest BCUT2D eigenvalue weighted by molar-refractivity contribution is -0.384. The Balaban J connectivity index is 2.16. The molecule has 0 spiro atoms. The fraction of sp³-hybridized carbons (Fsp3) is 0.200. The minimum atomic E-state index is -0.523. The first kappa shape index (κ1) is 15.3. The lowest BCUT2D eigenvalue weighted by Crippen LogP contribution is -2.31. The summed E-state index contributed by atoms with van der Waals surface area (Å²) in [4.78, 5) is 24.0. The fourth-order valence-corrected chi connectivity index (χ4v) is 1.94. The van der Waals surface area contributed by atoms with Gasteiger partial charge >= 0.3 is 0 Å². The van der Waals surface area contributed by atoms with Crippen molar-refractivity contribution in [3.05, 3.63) is 64.1 Å². The fourth-order valence-electron chi connectivity index (χ4n) is 1.94. The summed E-state index contributed by atoms with van der Waals surface area (Å²) in [5, 5.41) is 19.3. The van der Waals surface area contributed by atoms with Crippen LogP contribution >= 0.6 is 0 Å². The van der Waals surface area contributed by atoms with Gasteiger partial charge in [-0.2, -0.15) is 5.26 Å². The van der Waals surface area contributed by atoms with E-state index in [1.165, 1.54) is 35.4 Å². The first-order chi connectivity index (χ1) is 10.6. The summed E-state index contributed by atoms with van der Waals surface area (Å²) in [6.07, 6.45) is 1.70. The van der Waals surface area contributed by atoms with E-state index in [9.17, 15) is 14.9 Å². The molecule has 0 unspecified atom stereocenters. The van der Waals surface area contributed by atoms with Gasteiger partial charge in [0, 0.05) is 24.2 Å². The van der Waals surface area contributed by atoms with Crippen LogP contribution in [-0.4, -0.2) is 22.3 Å². The second-order valence-electron chi connectivity index (χ2n) is 4.52. The van der Waals surface area contributed by atoms with Crippen LogP contribution in [0.3, 0.4) is 0 Å². The minimum Gasteiger partial charge on any atom is -0.467 e. The smallest absolute Gasteiger partial charge is 0.269 e. The molecule has 0 fully saturated rings. The number of nitriles is 1. The van der Waals surface area contributed by atoms with E-state index < -0.39 is 4.92 Å². The van der Waals surface area contributed by atoms with Gasteiger partial charge in [-0.3, -0.25) is 14.9 Å². The molecule has 0 atom stereocenters. The minimum absolute atomic E-state index is 0.0776. The molecular weight excluding hydrogens is 286 g/mol. The number of carbonyl (C=O) groups excluding carboxylic acids is 1. The van der Waals surface area contributed by atoms with Gasteiger partial charge in [0.2, 0.25) is 0 Å². The molecule has 0 aliphatic rings. The third-order valence-electron chi connectivity index (χ3n) is 3.03. The number of rotatable bonds is 6. The third kappa shape index (κ3) is 3.70. The van der Waals surface area contributed by atoms with Crippen LogP contribution < -0.4 is 0 Å². The van der Waals surface area contributed by atoms with Crippen molar-refractivity contribution in [2.45, 2.75) is 13.0 Å². The summed E-state index contributed by atoms with van der Waals surface area (Å²) < 4.78 is 5.21. The molecule has 0 saturated carbocycles. The Labute approximate surface area is 126 Å². The van der Waals surface area contributed by atoms with Crippen molar-refractivity contribution >= 4 is 11.6 Å². The highest BCUT2D eigenvalue weighted by molar-refractivity contribution is 5.94. The second-order valence-corrected chi connectivity index (χ2v) is 4.52. The van der Waals surface area contributed by atoms with Crippen LogP contribution in [0.5, 0.6) is 0 Å². The van der Waals surface area contributed by atoms with Gasteiger partial charge in [-0.25, -0.2) is 0 Å². The zero-order chi connectivity index (χ0) is 15.9. The molecule has 0 saturated heterocycles. The molecule has 2 rings (SSSR count). The van der Waals surface area contributed by atoms with Crippen molar-refractivity contribution in [2.24, 2.45) is 0 Å². The van der Waals surface area contributed by atoms with Gasteiger partial charge in [0.15, 0.2) is 0 Å². The Kier molecular flexibility index (Phi) is 4.88. The molecule has 1 heterocycles. The molecule has 0 aliphatic heterocycles. The standard InChI is InChI=1S/C15H13N3O4/c16-8-2-9-17(11-14-3-1-10-22-14)15(19)12-4-6-13(7-5-12)18(20)21/h1,3-7,10H,2,9,11H2. The Morgan fingerprint density at radius 3 is 2.59 bits per heavy atom.